The molecule has 2 heterocycles. The molecule has 0 spiro atoms. The molecule has 0 aliphatic heterocycles. The average molecular weight is 346 g/mol. The van der Waals surface area contributed by atoms with Crippen molar-refractivity contribution in [1.82, 2.24) is 9.97 Å². The molecule has 4 nitrogen and oxygen atoms in total. The predicted molar refractivity (Wildman–Crippen MR) is 106 cm³/mol. The Kier molecular flexibility index (Phi) is 4.05. The maximum absolute atomic E-state index is 13.5. The number of aromatic nitrogens is 2. The van der Waals surface area contributed by atoms with Crippen LogP contribution in [-0.2, 0) is 0 Å². The quantitative estimate of drug-likeness (QED) is 0.535. The summed E-state index contributed by atoms with van der Waals surface area (Å²) < 4.78 is 13.5. The van der Waals surface area contributed by atoms with E-state index in [4.69, 9.17) is 0 Å². The molecule has 4 rings (SSSR count). The van der Waals surface area contributed by atoms with E-state index in [-0.39, 0.29) is 5.82 Å². The second-order valence-electron chi connectivity index (χ2n) is 6.38. The van der Waals surface area contributed by atoms with Gasteiger partial charge in [-0.2, -0.15) is 0 Å². The van der Waals surface area contributed by atoms with E-state index in [2.05, 4.69) is 32.3 Å². The molecular formula is C21H19FN4. The van der Waals surface area contributed by atoms with E-state index in [9.17, 15) is 4.39 Å². The van der Waals surface area contributed by atoms with Gasteiger partial charge in [0, 0.05) is 48.3 Å². The minimum Gasteiger partial charge on any atom is -0.378 e. The van der Waals surface area contributed by atoms with E-state index in [0.717, 1.165) is 39.4 Å². The summed E-state index contributed by atoms with van der Waals surface area (Å²) in [6.07, 6.45) is 1.76. The Bertz CT molecular complexity index is 1070. The number of anilines is 3. The van der Waals surface area contributed by atoms with Gasteiger partial charge in [-0.15, -0.1) is 0 Å². The van der Waals surface area contributed by atoms with E-state index >= 15 is 0 Å². The first-order chi connectivity index (χ1) is 12.6. The second-order valence-corrected chi connectivity index (χ2v) is 6.38. The highest BCUT2D eigenvalue weighted by atomic mass is 19.1. The molecule has 0 amide bonds. The van der Waals surface area contributed by atoms with Gasteiger partial charge in [0.15, 0.2) is 0 Å². The van der Waals surface area contributed by atoms with Crippen LogP contribution < -0.4 is 10.2 Å². The van der Waals surface area contributed by atoms with Crippen LogP contribution in [0.25, 0.3) is 22.2 Å². The van der Waals surface area contributed by atoms with Crippen LogP contribution in [0.5, 0.6) is 0 Å². The molecule has 2 N–H and O–H groups in total. The molecule has 0 saturated heterocycles. The number of nitrogens with one attached hydrogen (secondary N) is 2. The van der Waals surface area contributed by atoms with Crippen LogP contribution in [0.3, 0.4) is 0 Å². The fourth-order valence-electron chi connectivity index (χ4n) is 2.96. The topological polar surface area (TPSA) is 44.0 Å². The average Bonchev–Trinajstić information content (AvgIpc) is 3.07. The Labute approximate surface area is 151 Å². The van der Waals surface area contributed by atoms with Gasteiger partial charge in [-0.1, -0.05) is 18.2 Å². The third-order valence-electron chi connectivity index (χ3n) is 4.31. The highest BCUT2D eigenvalue weighted by molar-refractivity contribution is 5.95. The molecule has 0 atom stereocenters. The summed E-state index contributed by atoms with van der Waals surface area (Å²) in [5, 5.41) is 4.35. The first kappa shape index (κ1) is 16.1. The van der Waals surface area contributed by atoms with Crippen LogP contribution >= 0.6 is 0 Å². The largest absolute Gasteiger partial charge is 0.378 e. The summed E-state index contributed by atoms with van der Waals surface area (Å²) >= 11 is 0. The molecule has 0 saturated carbocycles. The van der Waals surface area contributed by atoms with Crippen LogP contribution in [0.4, 0.5) is 21.6 Å². The van der Waals surface area contributed by atoms with Crippen LogP contribution in [0.15, 0.2) is 66.9 Å². The number of benzene rings is 2. The monoisotopic (exact) mass is 346 g/mol. The number of nitrogens with zero attached hydrogens (tertiary/aromatic N) is 2. The standard InChI is InChI=1S/C21H19FN4/c1-26(2)17-8-4-7-16(12-17)24-21-18-13-20(25-19(18)9-10-23-21)14-5-3-6-15(22)11-14/h3-13,25H,1-2H3,(H,23,24). The predicted octanol–water partition coefficient (Wildman–Crippen LogP) is 5.18. The van der Waals surface area contributed by atoms with Crippen LogP contribution in [0.1, 0.15) is 0 Å². The van der Waals surface area contributed by atoms with E-state index in [1.54, 1.807) is 12.3 Å². The summed E-state index contributed by atoms with van der Waals surface area (Å²) in [5.41, 5.74) is 4.69. The summed E-state index contributed by atoms with van der Waals surface area (Å²) in [6, 6.07) is 18.6. The fraction of sp³-hybridized carbons (Fsp3) is 0.0952. The first-order valence-electron chi connectivity index (χ1n) is 8.38. The summed E-state index contributed by atoms with van der Waals surface area (Å²) in [5.74, 6) is 0.510. The summed E-state index contributed by atoms with van der Waals surface area (Å²) in [7, 11) is 4.02. The minimum absolute atomic E-state index is 0.252. The van der Waals surface area contributed by atoms with Gasteiger partial charge in [-0.25, -0.2) is 9.37 Å². The van der Waals surface area contributed by atoms with Crippen LogP contribution in [0, 0.1) is 5.82 Å². The molecule has 0 unspecified atom stereocenters. The van der Waals surface area contributed by atoms with Crippen molar-refractivity contribution >= 4 is 28.1 Å². The molecule has 0 fully saturated rings. The van der Waals surface area contributed by atoms with Crippen molar-refractivity contribution in [1.29, 1.82) is 0 Å². The molecule has 4 aromatic rings. The third kappa shape index (κ3) is 3.11. The van der Waals surface area contributed by atoms with Crippen molar-refractivity contribution < 1.29 is 4.39 Å². The Hall–Kier alpha value is -3.34. The lowest BCUT2D eigenvalue weighted by atomic mass is 10.1. The number of hydrogen-bond acceptors (Lipinski definition) is 3. The number of pyridine rings is 1. The van der Waals surface area contributed by atoms with Crippen molar-refractivity contribution in [2.45, 2.75) is 0 Å². The number of hydrogen-bond donors (Lipinski definition) is 2. The molecular weight excluding hydrogens is 327 g/mol. The molecule has 130 valence electrons. The molecule has 0 bridgehead atoms. The van der Waals surface area contributed by atoms with Gasteiger partial charge in [0.05, 0.1) is 5.52 Å². The maximum Gasteiger partial charge on any atom is 0.139 e. The molecule has 0 radical (unpaired) electrons. The van der Waals surface area contributed by atoms with E-state index in [0.29, 0.717) is 0 Å². The second kappa shape index (κ2) is 6.52. The van der Waals surface area contributed by atoms with Crippen LogP contribution in [-0.4, -0.2) is 24.1 Å². The molecule has 26 heavy (non-hydrogen) atoms. The van der Waals surface area contributed by atoms with Gasteiger partial charge in [0.25, 0.3) is 0 Å². The SMILES string of the molecule is CN(C)c1cccc(Nc2nccc3[nH]c(-c4cccc(F)c4)cc23)c1. The van der Waals surface area contributed by atoms with Gasteiger partial charge >= 0.3 is 0 Å². The zero-order valence-corrected chi connectivity index (χ0v) is 14.6. The lowest BCUT2D eigenvalue weighted by Gasteiger charge is -2.14. The van der Waals surface area contributed by atoms with Crippen molar-refractivity contribution in [3.63, 3.8) is 0 Å². The Morgan fingerprint density at radius 2 is 1.85 bits per heavy atom. The van der Waals surface area contributed by atoms with E-state index in [1.807, 2.05) is 44.4 Å². The highest BCUT2D eigenvalue weighted by Gasteiger charge is 2.09. The Morgan fingerprint density at radius 1 is 1.00 bits per heavy atom. The summed E-state index contributed by atoms with van der Waals surface area (Å²) in [4.78, 5) is 9.88. The van der Waals surface area contributed by atoms with Crippen molar-refractivity contribution in [2.75, 3.05) is 24.3 Å². The van der Waals surface area contributed by atoms with Gasteiger partial charge in [-0.05, 0) is 42.5 Å². The minimum atomic E-state index is -0.252. The third-order valence-corrected chi connectivity index (χ3v) is 4.31. The maximum atomic E-state index is 13.5. The lowest BCUT2D eigenvalue weighted by Crippen LogP contribution is -2.08. The van der Waals surface area contributed by atoms with Gasteiger partial charge in [-0.3, -0.25) is 0 Å². The Balaban J connectivity index is 1.73. The zero-order valence-electron chi connectivity index (χ0n) is 14.6. The van der Waals surface area contributed by atoms with Gasteiger partial charge in [0.1, 0.15) is 11.6 Å². The van der Waals surface area contributed by atoms with Crippen molar-refractivity contribution in [2.24, 2.45) is 0 Å². The van der Waals surface area contributed by atoms with Gasteiger partial charge < -0.3 is 15.2 Å². The van der Waals surface area contributed by atoms with E-state index in [1.165, 1.54) is 12.1 Å². The zero-order chi connectivity index (χ0) is 18.1. The van der Waals surface area contributed by atoms with Crippen molar-refractivity contribution in [3.8, 4) is 11.3 Å². The van der Waals surface area contributed by atoms with Gasteiger partial charge in [0.2, 0.25) is 0 Å². The molecule has 0 aliphatic rings. The highest BCUT2D eigenvalue weighted by Crippen LogP contribution is 2.30. The number of H-pyrrole nitrogens is 1. The normalized spacial score (nSPS) is 10.9. The molecule has 2 aromatic heterocycles. The van der Waals surface area contributed by atoms with E-state index < -0.39 is 0 Å². The lowest BCUT2D eigenvalue weighted by molar-refractivity contribution is 0.628. The van der Waals surface area contributed by atoms with Crippen molar-refractivity contribution in [3.05, 3.63) is 72.7 Å². The molecule has 5 heteroatoms. The number of fused-ring (bicyclic) bond motifs is 1. The first-order valence-corrected chi connectivity index (χ1v) is 8.38. The molecule has 0 aliphatic carbocycles. The number of aromatic amines is 1. The Morgan fingerprint density at radius 3 is 2.65 bits per heavy atom. The molecule has 2 aromatic carbocycles. The fourth-order valence-corrected chi connectivity index (χ4v) is 2.96. The summed E-state index contributed by atoms with van der Waals surface area (Å²) in [6.45, 7) is 0. The number of rotatable bonds is 4. The number of halogens is 1. The van der Waals surface area contributed by atoms with Crippen LogP contribution in [0.2, 0.25) is 0 Å². The smallest absolute Gasteiger partial charge is 0.139 e.